The van der Waals surface area contributed by atoms with Gasteiger partial charge in [-0.15, -0.1) is 0 Å². The van der Waals surface area contributed by atoms with Gasteiger partial charge in [0.25, 0.3) is 0 Å². The van der Waals surface area contributed by atoms with Gasteiger partial charge in [0.2, 0.25) is 5.91 Å². The molecule has 1 aromatic carbocycles. The highest BCUT2D eigenvalue weighted by atomic mass is 16.2. The third kappa shape index (κ3) is 4.00. The molecule has 8 nitrogen and oxygen atoms in total. The largest absolute Gasteiger partial charge is 0.356 e. The van der Waals surface area contributed by atoms with Gasteiger partial charge in [-0.25, -0.2) is 19.6 Å². The van der Waals surface area contributed by atoms with Crippen LogP contribution in [0.25, 0.3) is 5.82 Å². The molecule has 0 saturated carbocycles. The van der Waals surface area contributed by atoms with Crippen LogP contribution in [0.4, 0.5) is 5.82 Å². The van der Waals surface area contributed by atoms with Gasteiger partial charge < -0.3 is 9.80 Å². The van der Waals surface area contributed by atoms with Crippen LogP contribution < -0.4 is 4.90 Å². The van der Waals surface area contributed by atoms with Gasteiger partial charge in [0.1, 0.15) is 24.8 Å². The minimum absolute atomic E-state index is 0.0350. The Bertz CT molecular complexity index is 913. The second-order valence-corrected chi connectivity index (χ2v) is 7.04. The van der Waals surface area contributed by atoms with Crippen molar-refractivity contribution in [1.29, 1.82) is 0 Å². The quantitative estimate of drug-likeness (QED) is 0.676. The zero-order valence-corrected chi connectivity index (χ0v) is 15.8. The summed E-state index contributed by atoms with van der Waals surface area (Å²) in [6.45, 7) is 2.16. The summed E-state index contributed by atoms with van der Waals surface area (Å²) in [7, 11) is 1.88. The van der Waals surface area contributed by atoms with Gasteiger partial charge in [0.15, 0.2) is 5.82 Å². The Labute approximate surface area is 163 Å². The maximum absolute atomic E-state index is 13.0. The fourth-order valence-electron chi connectivity index (χ4n) is 3.60. The zero-order chi connectivity index (χ0) is 19.3. The van der Waals surface area contributed by atoms with Crippen molar-refractivity contribution >= 4 is 11.7 Å². The van der Waals surface area contributed by atoms with Crippen molar-refractivity contribution in [3.8, 4) is 5.82 Å². The topological polar surface area (TPSA) is 80.0 Å². The van der Waals surface area contributed by atoms with E-state index >= 15 is 0 Å². The van der Waals surface area contributed by atoms with E-state index in [9.17, 15) is 4.79 Å². The zero-order valence-electron chi connectivity index (χ0n) is 15.8. The summed E-state index contributed by atoms with van der Waals surface area (Å²) >= 11 is 0. The van der Waals surface area contributed by atoms with Gasteiger partial charge in [0.05, 0.1) is 5.92 Å². The molecule has 3 aromatic rings. The van der Waals surface area contributed by atoms with Gasteiger partial charge in [-0.2, -0.15) is 5.10 Å². The molecule has 144 valence electrons. The lowest BCUT2D eigenvalue weighted by Crippen LogP contribution is -2.43. The molecule has 1 saturated heterocycles. The van der Waals surface area contributed by atoms with Crippen molar-refractivity contribution in [1.82, 2.24) is 29.6 Å². The molecule has 4 rings (SSSR count). The van der Waals surface area contributed by atoms with Crippen molar-refractivity contribution in [3.63, 3.8) is 0 Å². The Morgan fingerprint density at radius 3 is 2.79 bits per heavy atom. The number of rotatable bonds is 5. The summed E-state index contributed by atoms with van der Waals surface area (Å²) in [5.41, 5.74) is 1.14. The van der Waals surface area contributed by atoms with Gasteiger partial charge in [-0.05, 0) is 18.4 Å². The third-order valence-electron chi connectivity index (χ3n) is 5.03. The molecule has 3 heterocycles. The second kappa shape index (κ2) is 8.16. The third-order valence-corrected chi connectivity index (χ3v) is 5.03. The van der Waals surface area contributed by atoms with Crippen LogP contribution in [0.15, 0.2) is 55.4 Å². The van der Waals surface area contributed by atoms with E-state index in [-0.39, 0.29) is 11.8 Å². The molecule has 8 heteroatoms. The highest BCUT2D eigenvalue weighted by molar-refractivity contribution is 5.79. The number of nitrogens with zero attached hydrogens (tertiary/aromatic N) is 7. The van der Waals surface area contributed by atoms with E-state index in [0.717, 1.165) is 30.8 Å². The number of amides is 1. The van der Waals surface area contributed by atoms with Crippen LogP contribution in [0, 0.1) is 5.92 Å². The Hall–Kier alpha value is -3.29. The van der Waals surface area contributed by atoms with Crippen molar-refractivity contribution < 1.29 is 4.79 Å². The lowest BCUT2D eigenvalue weighted by Gasteiger charge is -2.34. The first-order valence-corrected chi connectivity index (χ1v) is 9.41. The van der Waals surface area contributed by atoms with Gasteiger partial charge in [-0.3, -0.25) is 4.79 Å². The van der Waals surface area contributed by atoms with E-state index in [4.69, 9.17) is 0 Å². The lowest BCUT2D eigenvalue weighted by atomic mass is 9.96. The molecule has 1 amide bonds. The normalized spacial score (nSPS) is 16.8. The van der Waals surface area contributed by atoms with E-state index in [1.165, 1.54) is 12.7 Å². The van der Waals surface area contributed by atoms with Crippen LogP contribution in [-0.4, -0.2) is 55.7 Å². The Morgan fingerprint density at radius 2 is 2.00 bits per heavy atom. The number of anilines is 1. The summed E-state index contributed by atoms with van der Waals surface area (Å²) in [6, 6.07) is 12.0. The number of hydrogen-bond acceptors (Lipinski definition) is 6. The lowest BCUT2D eigenvalue weighted by molar-refractivity contribution is -0.135. The predicted octanol–water partition coefficient (Wildman–Crippen LogP) is 1.93. The fourth-order valence-corrected chi connectivity index (χ4v) is 3.60. The Balaban J connectivity index is 1.44. The highest BCUT2D eigenvalue weighted by Gasteiger charge is 2.28. The highest BCUT2D eigenvalue weighted by Crippen LogP contribution is 2.24. The molecular formula is C20H23N7O. The Morgan fingerprint density at radius 1 is 1.18 bits per heavy atom. The van der Waals surface area contributed by atoms with E-state index in [1.807, 2.05) is 48.3 Å². The molecule has 0 radical (unpaired) electrons. The molecule has 0 bridgehead atoms. The van der Waals surface area contributed by atoms with Gasteiger partial charge in [-0.1, -0.05) is 30.3 Å². The summed E-state index contributed by atoms with van der Waals surface area (Å²) in [4.78, 5) is 29.6. The SMILES string of the molecule is CN(Cc1ccccc1)C(=O)C1CCCN(c2cc(-n3cncn3)ncn2)C1. The molecule has 28 heavy (non-hydrogen) atoms. The van der Waals surface area contributed by atoms with Gasteiger partial charge >= 0.3 is 0 Å². The number of carbonyl (C=O) groups excluding carboxylic acids is 1. The maximum atomic E-state index is 13.0. The Kier molecular flexibility index (Phi) is 5.27. The van der Waals surface area contributed by atoms with Crippen LogP contribution in [0.5, 0.6) is 0 Å². The number of aromatic nitrogens is 5. The van der Waals surface area contributed by atoms with E-state index < -0.39 is 0 Å². The maximum Gasteiger partial charge on any atom is 0.227 e. The predicted molar refractivity (Wildman–Crippen MR) is 105 cm³/mol. The average molecular weight is 377 g/mol. The molecule has 0 N–H and O–H groups in total. The van der Waals surface area contributed by atoms with E-state index in [1.54, 1.807) is 11.0 Å². The summed E-state index contributed by atoms with van der Waals surface area (Å²) < 4.78 is 1.60. The number of piperidine rings is 1. The molecule has 1 fully saturated rings. The average Bonchev–Trinajstić information content (AvgIpc) is 3.29. The first-order chi connectivity index (χ1) is 13.7. The van der Waals surface area contributed by atoms with Crippen molar-refractivity contribution in [2.75, 3.05) is 25.0 Å². The van der Waals surface area contributed by atoms with Crippen molar-refractivity contribution in [2.45, 2.75) is 19.4 Å². The first kappa shape index (κ1) is 18.1. The van der Waals surface area contributed by atoms with E-state index in [2.05, 4.69) is 25.0 Å². The summed E-state index contributed by atoms with van der Waals surface area (Å²) in [5.74, 6) is 1.62. The first-order valence-electron chi connectivity index (χ1n) is 9.41. The monoisotopic (exact) mass is 377 g/mol. The standard InChI is InChI=1S/C20H23N7O/c1-25(11-16-6-3-2-4-7-16)20(28)17-8-5-9-26(12-17)18-10-19(23-14-22-18)27-15-21-13-24-27/h2-4,6-7,10,13-15,17H,5,8-9,11-12H2,1H3. The van der Waals surface area contributed by atoms with Crippen LogP contribution in [-0.2, 0) is 11.3 Å². The van der Waals surface area contributed by atoms with Crippen molar-refractivity contribution in [2.24, 2.45) is 5.92 Å². The minimum Gasteiger partial charge on any atom is -0.356 e. The van der Waals surface area contributed by atoms with Crippen LogP contribution in [0.1, 0.15) is 18.4 Å². The fraction of sp³-hybridized carbons (Fsp3) is 0.350. The van der Waals surface area contributed by atoms with Crippen LogP contribution >= 0.6 is 0 Å². The molecule has 0 aliphatic carbocycles. The molecule has 1 unspecified atom stereocenters. The van der Waals surface area contributed by atoms with Crippen molar-refractivity contribution in [3.05, 3.63) is 60.9 Å². The minimum atomic E-state index is -0.0350. The smallest absolute Gasteiger partial charge is 0.227 e. The van der Waals surface area contributed by atoms with Crippen LogP contribution in [0.3, 0.4) is 0 Å². The molecular weight excluding hydrogens is 354 g/mol. The van der Waals surface area contributed by atoms with Gasteiger partial charge in [0, 0.05) is 32.7 Å². The van der Waals surface area contributed by atoms with E-state index in [0.29, 0.717) is 18.9 Å². The second-order valence-electron chi connectivity index (χ2n) is 7.04. The number of carbonyl (C=O) groups is 1. The molecule has 1 atom stereocenters. The summed E-state index contributed by atoms with van der Waals surface area (Å²) in [5, 5.41) is 4.11. The summed E-state index contributed by atoms with van der Waals surface area (Å²) in [6.07, 6.45) is 6.46. The van der Waals surface area contributed by atoms with Crippen LogP contribution in [0.2, 0.25) is 0 Å². The molecule has 1 aliphatic rings. The molecule has 2 aromatic heterocycles. The molecule has 1 aliphatic heterocycles. The number of benzene rings is 1. The molecule has 0 spiro atoms. The number of hydrogen-bond donors (Lipinski definition) is 0.